The summed E-state index contributed by atoms with van der Waals surface area (Å²) in [6, 6.07) is 20.2. The van der Waals surface area contributed by atoms with Crippen molar-refractivity contribution in [2.45, 2.75) is 12.6 Å². The highest BCUT2D eigenvalue weighted by Crippen LogP contribution is 2.42. The number of hydrogen-bond donors (Lipinski definition) is 1. The average Bonchev–Trinajstić information content (AvgIpc) is 3.09. The lowest BCUT2D eigenvalue weighted by Gasteiger charge is -2.26. The number of Topliss-reactive ketones (excluding diaryl/α,β-unsaturated/α-hetero) is 1. The van der Waals surface area contributed by atoms with Gasteiger partial charge in [0.25, 0.3) is 11.7 Å². The zero-order valence-corrected chi connectivity index (χ0v) is 18.9. The summed E-state index contributed by atoms with van der Waals surface area (Å²) in [7, 11) is 3.04. The number of methoxy groups -OCH3 is 2. The van der Waals surface area contributed by atoms with E-state index in [9.17, 15) is 14.7 Å². The summed E-state index contributed by atoms with van der Waals surface area (Å²) in [5.74, 6) is -0.738. The van der Waals surface area contributed by atoms with Crippen molar-refractivity contribution >= 4 is 29.1 Å². The van der Waals surface area contributed by atoms with Gasteiger partial charge in [-0.2, -0.15) is 0 Å². The lowest BCUT2D eigenvalue weighted by Crippen LogP contribution is -2.29. The molecule has 4 rings (SSSR count). The lowest BCUT2D eigenvalue weighted by molar-refractivity contribution is -0.140. The summed E-state index contributed by atoms with van der Waals surface area (Å²) in [5.41, 5.74) is 1.86. The Morgan fingerprint density at radius 3 is 2.24 bits per heavy atom. The number of nitrogens with zero attached hydrogens (tertiary/aromatic N) is 1. The van der Waals surface area contributed by atoms with E-state index in [4.69, 9.17) is 21.1 Å². The molecule has 1 atom stereocenters. The van der Waals surface area contributed by atoms with Gasteiger partial charge >= 0.3 is 0 Å². The normalized spacial score (nSPS) is 17.3. The Bertz CT molecular complexity index is 1220. The number of halogens is 1. The van der Waals surface area contributed by atoms with Crippen LogP contribution in [-0.2, 0) is 16.1 Å². The molecule has 33 heavy (non-hydrogen) atoms. The fourth-order valence-corrected chi connectivity index (χ4v) is 4.08. The van der Waals surface area contributed by atoms with Gasteiger partial charge in [-0.25, -0.2) is 0 Å². The third-order valence-electron chi connectivity index (χ3n) is 5.58. The molecule has 1 aliphatic rings. The van der Waals surface area contributed by atoms with Crippen LogP contribution < -0.4 is 9.47 Å². The second-order valence-electron chi connectivity index (χ2n) is 7.53. The van der Waals surface area contributed by atoms with Gasteiger partial charge in [-0.15, -0.1) is 0 Å². The van der Waals surface area contributed by atoms with Gasteiger partial charge in [-0.3, -0.25) is 9.59 Å². The van der Waals surface area contributed by atoms with Gasteiger partial charge in [0.15, 0.2) is 11.5 Å². The van der Waals surface area contributed by atoms with Crippen LogP contribution in [0.4, 0.5) is 0 Å². The monoisotopic (exact) mass is 463 g/mol. The zero-order valence-electron chi connectivity index (χ0n) is 18.1. The van der Waals surface area contributed by atoms with Crippen molar-refractivity contribution < 1.29 is 24.2 Å². The molecule has 0 saturated carbocycles. The minimum absolute atomic E-state index is 0.00507. The van der Waals surface area contributed by atoms with Gasteiger partial charge in [0.1, 0.15) is 5.76 Å². The van der Waals surface area contributed by atoms with E-state index in [-0.39, 0.29) is 17.9 Å². The first-order valence-electron chi connectivity index (χ1n) is 10.2. The largest absolute Gasteiger partial charge is 0.507 e. The Hall–Kier alpha value is -3.77. The average molecular weight is 464 g/mol. The Morgan fingerprint density at radius 1 is 0.939 bits per heavy atom. The van der Waals surface area contributed by atoms with E-state index < -0.39 is 17.7 Å². The van der Waals surface area contributed by atoms with Crippen LogP contribution in [-0.4, -0.2) is 35.9 Å². The van der Waals surface area contributed by atoms with Crippen LogP contribution in [0.3, 0.4) is 0 Å². The highest BCUT2D eigenvalue weighted by Gasteiger charge is 2.46. The van der Waals surface area contributed by atoms with E-state index in [1.165, 1.54) is 19.1 Å². The molecule has 1 saturated heterocycles. The number of aliphatic hydroxyl groups is 1. The third-order valence-corrected chi connectivity index (χ3v) is 5.83. The quantitative estimate of drug-likeness (QED) is 0.317. The number of rotatable bonds is 6. The SMILES string of the molecule is COc1ccc([C@H]2C(=C(O)c3ccc(Cl)cc3)C(=O)C(=O)N2Cc2ccccc2)cc1OC. The van der Waals surface area contributed by atoms with Gasteiger partial charge in [-0.05, 0) is 47.5 Å². The van der Waals surface area contributed by atoms with Crippen molar-refractivity contribution in [2.75, 3.05) is 14.2 Å². The first-order chi connectivity index (χ1) is 15.9. The van der Waals surface area contributed by atoms with E-state index in [0.29, 0.717) is 27.6 Å². The number of ether oxygens (including phenoxy) is 2. The molecule has 1 fully saturated rings. The molecule has 1 aliphatic heterocycles. The highest BCUT2D eigenvalue weighted by molar-refractivity contribution is 6.46. The Kier molecular flexibility index (Phi) is 6.38. The van der Waals surface area contributed by atoms with Crippen molar-refractivity contribution in [2.24, 2.45) is 0 Å². The molecule has 0 aromatic heterocycles. The van der Waals surface area contributed by atoms with Crippen LogP contribution >= 0.6 is 11.6 Å². The maximum absolute atomic E-state index is 13.2. The topological polar surface area (TPSA) is 76.1 Å². The molecule has 0 aliphatic carbocycles. The van der Waals surface area contributed by atoms with Crippen LogP contribution in [0.2, 0.25) is 5.02 Å². The summed E-state index contributed by atoms with van der Waals surface area (Å²) < 4.78 is 10.8. The molecule has 0 spiro atoms. The smallest absolute Gasteiger partial charge is 0.295 e. The van der Waals surface area contributed by atoms with E-state index in [1.807, 2.05) is 30.3 Å². The fraction of sp³-hybridized carbons (Fsp3) is 0.154. The van der Waals surface area contributed by atoms with E-state index in [1.54, 1.807) is 42.5 Å². The summed E-state index contributed by atoms with van der Waals surface area (Å²) in [4.78, 5) is 27.7. The molecule has 0 radical (unpaired) electrons. The molecule has 168 valence electrons. The van der Waals surface area contributed by atoms with E-state index in [2.05, 4.69) is 0 Å². The third kappa shape index (κ3) is 4.30. The molecule has 0 unspecified atom stereocenters. The second kappa shape index (κ2) is 9.38. The maximum Gasteiger partial charge on any atom is 0.295 e. The molecule has 3 aromatic carbocycles. The summed E-state index contributed by atoms with van der Waals surface area (Å²) in [6.07, 6.45) is 0. The van der Waals surface area contributed by atoms with Crippen LogP contribution in [0.1, 0.15) is 22.7 Å². The summed E-state index contributed by atoms with van der Waals surface area (Å²) in [6.45, 7) is 0.196. The number of benzene rings is 3. The molecule has 6 nitrogen and oxygen atoms in total. The van der Waals surface area contributed by atoms with Crippen LogP contribution in [0.15, 0.2) is 78.4 Å². The Balaban J connectivity index is 1.89. The molecule has 3 aromatic rings. The van der Waals surface area contributed by atoms with Crippen molar-refractivity contribution in [3.63, 3.8) is 0 Å². The van der Waals surface area contributed by atoms with Crippen molar-refractivity contribution in [3.8, 4) is 11.5 Å². The number of aliphatic hydroxyl groups excluding tert-OH is 1. The van der Waals surface area contributed by atoms with Crippen LogP contribution in [0.25, 0.3) is 5.76 Å². The van der Waals surface area contributed by atoms with Crippen LogP contribution in [0.5, 0.6) is 11.5 Å². The maximum atomic E-state index is 13.2. The highest BCUT2D eigenvalue weighted by atomic mass is 35.5. The molecule has 1 heterocycles. The molecule has 1 amide bonds. The fourth-order valence-electron chi connectivity index (χ4n) is 3.96. The van der Waals surface area contributed by atoms with E-state index in [0.717, 1.165) is 5.56 Å². The molecule has 7 heteroatoms. The Labute approximate surface area is 196 Å². The predicted octanol–water partition coefficient (Wildman–Crippen LogP) is 4.98. The van der Waals surface area contributed by atoms with Gasteiger partial charge in [0.05, 0.1) is 25.8 Å². The minimum Gasteiger partial charge on any atom is -0.507 e. The van der Waals surface area contributed by atoms with Crippen molar-refractivity contribution in [3.05, 3.63) is 100 Å². The van der Waals surface area contributed by atoms with Crippen molar-refractivity contribution in [1.29, 1.82) is 0 Å². The van der Waals surface area contributed by atoms with Gasteiger partial charge < -0.3 is 19.5 Å². The van der Waals surface area contributed by atoms with Gasteiger partial charge in [-0.1, -0.05) is 48.0 Å². The van der Waals surface area contributed by atoms with Gasteiger partial charge in [0, 0.05) is 17.1 Å². The standard InChI is InChI=1S/C26H22ClNO5/c1-32-20-13-10-18(14-21(20)33-2)23-22(24(29)17-8-11-19(27)12-9-17)25(30)26(31)28(23)15-16-6-4-3-5-7-16/h3-14,23,29H,15H2,1-2H3/t23-/m0/s1. The number of hydrogen-bond acceptors (Lipinski definition) is 5. The van der Waals surface area contributed by atoms with Crippen LogP contribution in [0, 0.1) is 0 Å². The molecular formula is C26H22ClNO5. The minimum atomic E-state index is -0.819. The first-order valence-corrected chi connectivity index (χ1v) is 10.6. The summed E-state index contributed by atoms with van der Waals surface area (Å²) in [5, 5.41) is 11.6. The summed E-state index contributed by atoms with van der Waals surface area (Å²) >= 11 is 5.98. The number of carbonyl (C=O) groups excluding carboxylic acids is 2. The second-order valence-corrected chi connectivity index (χ2v) is 7.97. The Morgan fingerprint density at radius 2 is 1.61 bits per heavy atom. The molecule has 1 N–H and O–H groups in total. The number of amides is 1. The van der Waals surface area contributed by atoms with E-state index >= 15 is 0 Å². The van der Waals surface area contributed by atoms with Gasteiger partial charge in [0.2, 0.25) is 0 Å². The first kappa shape index (κ1) is 22.4. The number of likely N-dealkylation sites (tertiary alicyclic amines) is 1. The number of ketones is 1. The lowest BCUT2D eigenvalue weighted by atomic mass is 9.95. The molecular weight excluding hydrogens is 442 g/mol. The van der Waals surface area contributed by atoms with Crippen molar-refractivity contribution in [1.82, 2.24) is 4.90 Å². The number of carbonyl (C=O) groups is 2. The zero-order chi connectivity index (χ0) is 23.5. The molecule has 0 bridgehead atoms. The predicted molar refractivity (Wildman–Crippen MR) is 125 cm³/mol.